The number of aromatic nitrogens is 2. The third kappa shape index (κ3) is 4.29. The summed E-state index contributed by atoms with van der Waals surface area (Å²) in [5.74, 6) is 0. The van der Waals surface area contributed by atoms with Crippen LogP contribution in [0.5, 0.6) is 0 Å². The van der Waals surface area contributed by atoms with Gasteiger partial charge in [0, 0.05) is 53.1 Å². The van der Waals surface area contributed by atoms with Gasteiger partial charge in [0.15, 0.2) is 0 Å². The first-order valence-electron chi connectivity index (χ1n) is 17.4. The topological polar surface area (TPSA) is 9.86 Å². The molecule has 0 aliphatic rings. The highest BCUT2D eigenvalue weighted by Crippen LogP contribution is 2.42. The van der Waals surface area contributed by atoms with Crippen molar-refractivity contribution < 1.29 is 0 Å². The molecule has 3 heterocycles. The lowest BCUT2D eigenvalue weighted by Crippen LogP contribution is -1.96. The normalized spacial score (nSPS) is 11.9. The summed E-state index contributed by atoms with van der Waals surface area (Å²) < 4.78 is 7.56. The lowest BCUT2D eigenvalue weighted by atomic mass is 10.0. The van der Waals surface area contributed by atoms with Gasteiger partial charge in [0.25, 0.3) is 0 Å². The van der Waals surface area contributed by atoms with Crippen LogP contribution in [0.2, 0.25) is 0 Å². The summed E-state index contributed by atoms with van der Waals surface area (Å²) in [6, 6.07) is 66.7. The minimum Gasteiger partial charge on any atom is -0.309 e. The highest BCUT2D eigenvalue weighted by atomic mass is 32.1. The molecule has 0 atom stereocenters. The molecule has 0 bridgehead atoms. The molecule has 11 rings (SSSR count). The van der Waals surface area contributed by atoms with Gasteiger partial charge in [0.05, 0.1) is 22.1 Å². The highest BCUT2D eigenvalue weighted by molar-refractivity contribution is 7.26. The fourth-order valence-electron chi connectivity index (χ4n) is 8.23. The number of rotatable bonds is 4. The average molecular weight is 667 g/mol. The van der Waals surface area contributed by atoms with Crippen molar-refractivity contribution in [3.05, 3.63) is 182 Å². The number of benzene rings is 8. The van der Waals surface area contributed by atoms with Gasteiger partial charge in [-0.3, -0.25) is 0 Å². The van der Waals surface area contributed by atoms with Crippen LogP contribution in [-0.4, -0.2) is 9.13 Å². The van der Waals surface area contributed by atoms with E-state index in [9.17, 15) is 0 Å². The van der Waals surface area contributed by atoms with Gasteiger partial charge in [-0.1, -0.05) is 127 Å². The molecule has 0 amide bonds. The fraction of sp³-hybridized carbons (Fsp3) is 0. The maximum Gasteiger partial charge on any atom is 0.0562 e. The first-order valence-corrected chi connectivity index (χ1v) is 18.3. The van der Waals surface area contributed by atoms with Crippen LogP contribution in [0.3, 0.4) is 0 Å². The van der Waals surface area contributed by atoms with Crippen molar-refractivity contribution in [1.29, 1.82) is 0 Å². The van der Waals surface area contributed by atoms with Gasteiger partial charge >= 0.3 is 0 Å². The van der Waals surface area contributed by atoms with E-state index in [2.05, 4.69) is 191 Å². The third-order valence-electron chi connectivity index (χ3n) is 10.5. The van der Waals surface area contributed by atoms with Crippen molar-refractivity contribution in [2.24, 2.45) is 0 Å². The van der Waals surface area contributed by atoms with E-state index >= 15 is 0 Å². The monoisotopic (exact) mass is 666 g/mol. The minimum atomic E-state index is 1.16. The van der Waals surface area contributed by atoms with Crippen molar-refractivity contribution in [2.75, 3.05) is 0 Å². The Labute approximate surface area is 298 Å². The second-order valence-electron chi connectivity index (χ2n) is 13.3. The first-order chi connectivity index (χ1) is 25.3. The van der Waals surface area contributed by atoms with Crippen molar-refractivity contribution in [3.8, 4) is 33.6 Å². The van der Waals surface area contributed by atoms with Crippen LogP contribution in [0.1, 0.15) is 0 Å². The molecule has 0 N–H and O–H groups in total. The van der Waals surface area contributed by atoms with Gasteiger partial charge in [-0.15, -0.1) is 11.3 Å². The van der Waals surface area contributed by atoms with E-state index in [0.29, 0.717) is 0 Å². The van der Waals surface area contributed by atoms with Gasteiger partial charge < -0.3 is 9.13 Å². The Bertz CT molecular complexity index is 3140. The quantitative estimate of drug-likeness (QED) is 0.177. The molecule has 11 aromatic rings. The SMILES string of the molecule is c1ccc(-c2cccc(-n3c4ccccc4c4cc5c6ccccc6n(-c6cccc(-c7cccc8c7sc7ccccc78)c6)c5cc43)c2)cc1. The van der Waals surface area contributed by atoms with E-state index in [-0.39, 0.29) is 0 Å². The zero-order valence-corrected chi connectivity index (χ0v) is 28.4. The molecule has 0 aliphatic heterocycles. The van der Waals surface area contributed by atoms with E-state index in [4.69, 9.17) is 0 Å². The van der Waals surface area contributed by atoms with Crippen molar-refractivity contribution in [1.82, 2.24) is 9.13 Å². The summed E-state index contributed by atoms with van der Waals surface area (Å²) in [6.45, 7) is 0. The van der Waals surface area contributed by atoms with Crippen molar-refractivity contribution in [3.63, 3.8) is 0 Å². The fourth-order valence-corrected chi connectivity index (χ4v) is 9.47. The smallest absolute Gasteiger partial charge is 0.0562 e. The van der Waals surface area contributed by atoms with Crippen LogP contribution in [0.4, 0.5) is 0 Å². The van der Waals surface area contributed by atoms with Crippen LogP contribution < -0.4 is 0 Å². The van der Waals surface area contributed by atoms with Crippen LogP contribution in [0.25, 0.3) is 97.4 Å². The van der Waals surface area contributed by atoms with E-state index in [0.717, 1.165) is 11.4 Å². The maximum atomic E-state index is 2.46. The summed E-state index contributed by atoms with van der Waals surface area (Å²) in [7, 11) is 0. The highest BCUT2D eigenvalue weighted by Gasteiger charge is 2.19. The molecule has 0 saturated carbocycles. The Kier molecular flexibility index (Phi) is 6.16. The van der Waals surface area contributed by atoms with Gasteiger partial charge in [-0.25, -0.2) is 0 Å². The summed E-state index contributed by atoms with van der Waals surface area (Å²) in [4.78, 5) is 0. The number of para-hydroxylation sites is 2. The van der Waals surface area contributed by atoms with Crippen molar-refractivity contribution in [2.45, 2.75) is 0 Å². The standard InChI is InChI=1S/C48H30N2S/c1-2-13-31(14-3-1)32-15-10-17-34(27-32)49-43-24-7-4-19-37(43)41-29-42-38-20-5-8-25-44(38)50(46(42)30-45(41)49)35-18-11-16-33(28-35)36-22-12-23-40-39-21-6-9-26-47(39)51-48(36)40/h1-30H. The number of hydrogen-bond donors (Lipinski definition) is 0. The molecule has 2 nitrogen and oxygen atoms in total. The molecule has 0 radical (unpaired) electrons. The lowest BCUT2D eigenvalue weighted by Gasteiger charge is -2.12. The summed E-state index contributed by atoms with van der Waals surface area (Å²) >= 11 is 1.88. The van der Waals surface area contributed by atoms with Gasteiger partial charge in [-0.05, 0) is 76.9 Å². The number of hydrogen-bond acceptors (Lipinski definition) is 1. The number of fused-ring (bicyclic) bond motifs is 9. The Morgan fingerprint density at radius 3 is 1.55 bits per heavy atom. The molecule has 0 fully saturated rings. The van der Waals surface area contributed by atoms with E-state index in [1.54, 1.807) is 0 Å². The van der Waals surface area contributed by atoms with Gasteiger partial charge in [-0.2, -0.15) is 0 Å². The predicted molar refractivity (Wildman–Crippen MR) is 219 cm³/mol. The third-order valence-corrected chi connectivity index (χ3v) is 11.7. The van der Waals surface area contributed by atoms with Crippen molar-refractivity contribution >= 4 is 75.1 Å². The summed E-state index contributed by atoms with van der Waals surface area (Å²) in [6.07, 6.45) is 0. The molecule has 0 unspecified atom stereocenters. The van der Waals surface area contributed by atoms with E-state index in [1.165, 1.54) is 86.0 Å². The largest absolute Gasteiger partial charge is 0.309 e. The Morgan fingerprint density at radius 1 is 0.314 bits per heavy atom. The molecule has 0 saturated heterocycles. The lowest BCUT2D eigenvalue weighted by molar-refractivity contribution is 1.17. The molecule has 0 spiro atoms. The van der Waals surface area contributed by atoms with E-state index in [1.807, 2.05) is 11.3 Å². The molecule has 8 aromatic carbocycles. The Hall–Kier alpha value is -6.42. The molecule has 0 aliphatic carbocycles. The van der Waals surface area contributed by atoms with Crippen LogP contribution in [-0.2, 0) is 0 Å². The summed E-state index contributed by atoms with van der Waals surface area (Å²) in [5.41, 5.74) is 12.1. The number of thiophene rings is 1. The maximum absolute atomic E-state index is 2.46. The first kappa shape index (κ1) is 28.4. The van der Waals surface area contributed by atoms with Gasteiger partial charge in [0.1, 0.15) is 0 Å². The van der Waals surface area contributed by atoms with E-state index < -0.39 is 0 Å². The molecular formula is C48H30N2S. The molecule has 238 valence electrons. The van der Waals surface area contributed by atoms with Crippen LogP contribution >= 0.6 is 11.3 Å². The second kappa shape index (κ2) is 11.0. The van der Waals surface area contributed by atoms with Crippen LogP contribution in [0, 0.1) is 0 Å². The van der Waals surface area contributed by atoms with Gasteiger partial charge in [0.2, 0.25) is 0 Å². The predicted octanol–water partition coefficient (Wildman–Crippen LogP) is 13.6. The minimum absolute atomic E-state index is 1.16. The zero-order chi connectivity index (χ0) is 33.5. The molecule has 3 aromatic heterocycles. The molecule has 3 heteroatoms. The number of nitrogens with zero attached hydrogens (tertiary/aromatic N) is 2. The molecule has 51 heavy (non-hydrogen) atoms. The zero-order valence-electron chi connectivity index (χ0n) is 27.6. The van der Waals surface area contributed by atoms with Crippen LogP contribution in [0.15, 0.2) is 182 Å². The second-order valence-corrected chi connectivity index (χ2v) is 14.4. The average Bonchev–Trinajstić information content (AvgIpc) is 3.85. The molecular weight excluding hydrogens is 637 g/mol. The summed E-state index contributed by atoms with van der Waals surface area (Å²) in [5, 5.41) is 7.69. The Morgan fingerprint density at radius 2 is 0.843 bits per heavy atom. The Balaban J connectivity index is 1.17.